The normalized spacial score (nSPS) is 18.6. The van der Waals surface area contributed by atoms with Crippen molar-refractivity contribution in [2.24, 2.45) is 4.99 Å². The first-order chi connectivity index (χ1) is 15.9. The van der Waals surface area contributed by atoms with Crippen LogP contribution in [0.3, 0.4) is 0 Å². The molecule has 0 saturated carbocycles. The Balaban J connectivity index is 2.10. The summed E-state index contributed by atoms with van der Waals surface area (Å²) in [6.07, 6.45) is 5.08. The zero-order valence-corrected chi connectivity index (χ0v) is 23.2. The van der Waals surface area contributed by atoms with Crippen LogP contribution in [0.25, 0.3) is 0 Å². The number of anilines is 2. The minimum atomic E-state index is -1.87. The molecule has 5 heteroatoms. The van der Waals surface area contributed by atoms with Gasteiger partial charge >= 0.3 is 0 Å². The number of fused-ring (bicyclic) bond motifs is 1. The highest BCUT2D eigenvalue weighted by Crippen LogP contribution is 2.43. The van der Waals surface area contributed by atoms with Crippen molar-refractivity contribution >= 4 is 25.7 Å². The lowest BCUT2D eigenvalue weighted by Gasteiger charge is -2.42. The highest BCUT2D eigenvalue weighted by atomic mass is 28.4. The molecule has 1 heterocycles. The van der Waals surface area contributed by atoms with Gasteiger partial charge in [-0.15, -0.1) is 0 Å². The van der Waals surface area contributed by atoms with E-state index < -0.39 is 13.9 Å². The lowest BCUT2D eigenvalue weighted by molar-refractivity contribution is 0.256. The van der Waals surface area contributed by atoms with Crippen molar-refractivity contribution in [1.29, 1.82) is 0 Å². The standard InChI is InChI=1S/C29H41N3OSi/c1-23(2)19-20-29(21-22-33-34(8,9)28(3,4)5)25-17-13-14-18-26(25)32(7)27(30-29)31(6)24-15-11-10-12-16-24/h10-20H,1,21-22H2,2-9H3/b20-19+. The Bertz CT molecular complexity index is 1070. The smallest absolute Gasteiger partial charge is 0.206 e. The SMILES string of the molecule is C=C(C)/C=C/C1(CCO[Si](C)(C)C(C)(C)C)N=C(N(C)c2ccccc2)N(C)c2ccccc21. The number of aliphatic imine (C=N–C) groups is 1. The van der Waals surface area contributed by atoms with E-state index in [9.17, 15) is 0 Å². The van der Waals surface area contributed by atoms with Gasteiger partial charge in [-0.3, -0.25) is 0 Å². The minimum Gasteiger partial charge on any atom is -0.417 e. The third-order valence-corrected chi connectivity index (χ3v) is 11.7. The highest BCUT2D eigenvalue weighted by molar-refractivity contribution is 6.74. The van der Waals surface area contributed by atoms with Crippen molar-refractivity contribution in [1.82, 2.24) is 0 Å². The summed E-state index contributed by atoms with van der Waals surface area (Å²) in [5, 5.41) is 0.167. The minimum absolute atomic E-state index is 0.167. The summed E-state index contributed by atoms with van der Waals surface area (Å²) in [4.78, 5) is 9.79. The maximum Gasteiger partial charge on any atom is 0.206 e. The van der Waals surface area contributed by atoms with Crippen molar-refractivity contribution in [2.45, 2.75) is 57.8 Å². The number of guanidine groups is 1. The van der Waals surface area contributed by atoms with E-state index in [0.29, 0.717) is 6.61 Å². The summed E-state index contributed by atoms with van der Waals surface area (Å²) < 4.78 is 6.64. The van der Waals surface area contributed by atoms with Crippen molar-refractivity contribution < 1.29 is 4.43 Å². The molecule has 0 saturated heterocycles. The molecule has 1 unspecified atom stereocenters. The zero-order chi connectivity index (χ0) is 25.1. The number of hydrogen-bond donors (Lipinski definition) is 0. The molecule has 34 heavy (non-hydrogen) atoms. The largest absolute Gasteiger partial charge is 0.417 e. The zero-order valence-electron chi connectivity index (χ0n) is 22.2. The molecular formula is C29H41N3OSi. The van der Waals surface area contributed by atoms with Gasteiger partial charge in [-0.25, -0.2) is 4.99 Å². The first-order valence-electron chi connectivity index (χ1n) is 12.1. The fourth-order valence-corrected chi connectivity index (χ4v) is 5.03. The van der Waals surface area contributed by atoms with Crippen LogP contribution in [0.5, 0.6) is 0 Å². The van der Waals surface area contributed by atoms with Crippen molar-refractivity contribution in [2.75, 3.05) is 30.5 Å². The number of benzene rings is 2. The predicted molar refractivity (Wildman–Crippen MR) is 151 cm³/mol. The summed E-state index contributed by atoms with van der Waals surface area (Å²) in [6.45, 7) is 18.3. The lowest BCUT2D eigenvalue weighted by Crippen LogP contribution is -2.47. The van der Waals surface area contributed by atoms with E-state index >= 15 is 0 Å². The van der Waals surface area contributed by atoms with Gasteiger partial charge in [0.05, 0.1) is 0 Å². The van der Waals surface area contributed by atoms with E-state index in [2.05, 4.69) is 125 Å². The van der Waals surface area contributed by atoms with Crippen LogP contribution >= 0.6 is 0 Å². The maximum atomic E-state index is 6.64. The van der Waals surface area contributed by atoms with Crippen LogP contribution < -0.4 is 9.80 Å². The number of allylic oxidation sites excluding steroid dienone is 2. The Labute approximate surface area is 207 Å². The Morgan fingerprint density at radius 2 is 1.74 bits per heavy atom. The Hall–Kier alpha value is -2.63. The molecule has 0 N–H and O–H groups in total. The molecule has 0 bridgehead atoms. The van der Waals surface area contributed by atoms with Crippen LogP contribution in [0, 0.1) is 0 Å². The maximum absolute atomic E-state index is 6.64. The second-order valence-corrected chi connectivity index (χ2v) is 15.7. The van der Waals surface area contributed by atoms with E-state index in [1.807, 2.05) is 13.0 Å². The third-order valence-electron chi connectivity index (χ3n) is 7.17. The summed E-state index contributed by atoms with van der Waals surface area (Å²) in [5.41, 5.74) is 3.92. The van der Waals surface area contributed by atoms with Gasteiger partial charge in [0.15, 0.2) is 8.32 Å². The molecule has 0 fully saturated rings. The monoisotopic (exact) mass is 475 g/mol. The van der Waals surface area contributed by atoms with Crippen molar-refractivity contribution in [3.63, 3.8) is 0 Å². The summed E-state index contributed by atoms with van der Waals surface area (Å²) in [5.74, 6) is 0.906. The Morgan fingerprint density at radius 3 is 2.35 bits per heavy atom. The second-order valence-electron chi connectivity index (χ2n) is 10.8. The average molecular weight is 476 g/mol. The quantitative estimate of drug-likeness (QED) is 0.309. The van der Waals surface area contributed by atoms with Crippen LogP contribution in [0.1, 0.15) is 39.7 Å². The van der Waals surface area contributed by atoms with Gasteiger partial charge in [0.1, 0.15) is 5.54 Å². The molecule has 3 rings (SSSR count). The van der Waals surface area contributed by atoms with Crippen molar-refractivity contribution in [3.8, 4) is 0 Å². The van der Waals surface area contributed by atoms with Gasteiger partial charge in [-0.05, 0) is 43.3 Å². The van der Waals surface area contributed by atoms with Gasteiger partial charge in [-0.2, -0.15) is 0 Å². The number of nitrogens with zero attached hydrogens (tertiary/aromatic N) is 3. The summed E-state index contributed by atoms with van der Waals surface area (Å²) in [7, 11) is 2.30. The molecule has 4 nitrogen and oxygen atoms in total. The van der Waals surface area contributed by atoms with Crippen LogP contribution in [0.2, 0.25) is 18.1 Å². The number of hydrogen-bond acceptors (Lipinski definition) is 4. The fourth-order valence-electron chi connectivity index (χ4n) is 3.98. The first kappa shape index (κ1) is 26.0. The molecule has 1 aliphatic heterocycles. The van der Waals surface area contributed by atoms with Crippen LogP contribution in [0.15, 0.2) is 83.9 Å². The molecule has 0 aromatic heterocycles. The van der Waals surface area contributed by atoms with E-state index in [1.165, 1.54) is 5.56 Å². The highest BCUT2D eigenvalue weighted by Gasteiger charge is 2.41. The molecule has 1 aliphatic rings. The second kappa shape index (κ2) is 9.93. The first-order valence-corrected chi connectivity index (χ1v) is 15.0. The van der Waals surface area contributed by atoms with E-state index in [-0.39, 0.29) is 5.04 Å². The molecule has 0 spiro atoms. The Morgan fingerprint density at radius 1 is 1.12 bits per heavy atom. The lowest BCUT2D eigenvalue weighted by atomic mass is 9.84. The Kier molecular flexibility index (Phi) is 7.58. The van der Waals surface area contributed by atoms with E-state index in [4.69, 9.17) is 9.42 Å². The van der Waals surface area contributed by atoms with Gasteiger partial charge < -0.3 is 14.2 Å². The summed E-state index contributed by atoms with van der Waals surface area (Å²) >= 11 is 0. The average Bonchev–Trinajstić information content (AvgIpc) is 2.79. The van der Waals surface area contributed by atoms with E-state index in [0.717, 1.165) is 29.3 Å². The third kappa shape index (κ3) is 5.37. The molecule has 0 amide bonds. The molecule has 2 aromatic rings. The predicted octanol–water partition coefficient (Wildman–Crippen LogP) is 7.37. The van der Waals surface area contributed by atoms with Crippen LogP contribution in [0.4, 0.5) is 11.4 Å². The van der Waals surface area contributed by atoms with Gasteiger partial charge in [0.2, 0.25) is 5.96 Å². The molecular weight excluding hydrogens is 434 g/mol. The summed E-state index contributed by atoms with van der Waals surface area (Å²) in [6, 6.07) is 19.0. The number of rotatable bonds is 7. The fraction of sp³-hybridized carbons (Fsp3) is 0.414. The number of para-hydroxylation sites is 2. The molecule has 0 radical (unpaired) electrons. The molecule has 182 valence electrons. The van der Waals surface area contributed by atoms with Gasteiger partial charge in [0.25, 0.3) is 0 Å². The van der Waals surface area contributed by atoms with Gasteiger partial charge in [0, 0.05) is 44.1 Å². The van der Waals surface area contributed by atoms with E-state index in [1.54, 1.807) is 0 Å². The van der Waals surface area contributed by atoms with Crippen molar-refractivity contribution in [3.05, 3.63) is 84.5 Å². The molecule has 0 aliphatic carbocycles. The van der Waals surface area contributed by atoms with Gasteiger partial charge in [-0.1, -0.05) is 81.5 Å². The van der Waals surface area contributed by atoms with Crippen LogP contribution in [-0.2, 0) is 9.96 Å². The topological polar surface area (TPSA) is 28.1 Å². The molecule has 1 atom stereocenters. The molecule has 2 aromatic carbocycles. The van der Waals surface area contributed by atoms with Crippen LogP contribution in [-0.4, -0.2) is 35.0 Å².